The molecule has 2 rings (SSSR count). The summed E-state index contributed by atoms with van der Waals surface area (Å²) in [6, 6.07) is 5.79. The summed E-state index contributed by atoms with van der Waals surface area (Å²) < 4.78 is 15.4. The van der Waals surface area contributed by atoms with E-state index in [9.17, 15) is 14.0 Å². The van der Waals surface area contributed by atoms with Gasteiger partial charge in [-0.05, 0) is 24.6 Å². The van der Waals surface area contributed by atoms with Gasteiger partial charge in [-0.25, -0.2) is 4.39 Å². The molecular formula is C15H13FN2O2. The minimum atomic E-state index is -0.616. The van der Waals surface area contributed by atoms with Crippen LogP contribution in [0, 0.1) is 17.7 Å². The van der Waals surface area contributed by atoms with Gasteiger partial charge >= 0.3 is 11.1 Å². The summed E-state index contributed by atoms with van der Waals surface area (Å²) >= 11 is 0. The Bertz CT molecular complexity index is 776. The van der Waals surface area contributed by atoms with Crippen LogP contribution in [0.4, 0.5) is 4.39 Å². The van der Waals surface area contributed by atoms with Crippen LogP contribution in [0.1, 0.15) is 12.5 Å². The molecule has 1 aromatic carbocycles. The number of nitrogens with zero attached hydrogens (tertiary/aromatic N) is 2. The number of benzene rings is 1. The van der Waals surface area contributed by atoms with Crippen LogP contribution in [-0.2, 0) is 13.1 Å². The number of aromatic nitrogens is 2. The quantitative estimate of drug-likeness (QED) is 0.623. The summed E-state index contributed by atoms with van der Waals surface area (Å²) in [6.07, 6.45) is 3.06. The Morgan fingerprint density at radius 1 is 1.05 bits per heavy atom. The first-order valence-corrected chi connectivity index (χ1v) is 6.06. The van der Waals surface area contributed by atoms with E-state index in [1.807, 2.05) is 0 Å². The molecule has 0 aliphatic rings. The molecule has 4 nitrogen and oxygen atoms in total. The highest BCUT2D eigenvalue weighted by Crippen LogP contribution is 2.03. The van der Waals surface area contributed by atoms with Crippen LogP contribution < -0.4 is 11.1 Å². The van der Waals surface area contributed by atoms with Gasteiger partial charge in [-0.1, -0.05) is 18.1 Å². The number of rotatable bonds is 3. The highest BCUT2D eigenvalue weighted by Gasteiger charge is 2.05. The van der Waals surface area contributed by atoms with E-state index in [4.69, 9.17) is 0 Å². The summed E-state index contributed by atoms with van der Waals surface area (Å²) in [5.74, 6) is 5.06. The lowest BCUT2D eigenvalue weighted by Crippen LogP contribution is -2.40. The van der Waals surface area contributed by atoms with Gasteiger partial charge in [-0.2, -0.15) is 0 Å². The van der Waals surface area contributed by atoms with Gasteiger partial charge in [0.25, 0.3) is 0 Å². The molecule has 0 radical (unpaired) electrons. The predicted molar refractivity (Wildman–Crippen MR) is 73.9 cm³/mol. The molecule has 0 saturated carbocycles. The van der Waals surface area contributed by atoms with Crippen molar-refractivity contribution in [3.05, 3.63) is 68.7 Å². The first kappa shape index (κ1) is 13.8. The first-order chi connectivity index (χ1) is 9.61. The lowest BCUT2D eigenvalue weighted by molar-refractivity contribution is 0.625. The van der Waals surface area contributed by atoms with E-state index in [1.54, 1.807) is 19.1 Å². The molecule has 0 fully saturated rings. The van der Waals surface area contributed by atoms with Crippen LogP contribution in [-0.4, -0.2) is 9.13 Å². The fraction of sp³-hybridized carbons (Fsp3) is 0.200. The van der Waals surface area contributed by atoms with Gasteiger partial charge in [0, 0.05) is 12.4 Å². The second kappa shape index (κ2) is 6.02. The molecular weight excluding hydrogens is 259 g/mol. The molecule has 0 bridgehead atoms. The van der Waals surface area contributed by atoms with Crippen molar-refractivity contribution in [1.82, 2.24) is 9.13 Å². The summed E-state index contributed by atoms with van der Waals surface area (Å²) in [7, 11) is 0. The van der Waals surface area contributed by atoms with Gasteiger partial charge in [0.15, 0.2) is 0 Å². The van der Waals surface area contributed by atoms with Gasteiger partial charge in [-0.15, -0.1) is 5.92 Å². The van der Waals surface area contributed by atoms with Crippen LogP contribution in [0.25, 0.3) is 0 Å². The smallest absolute Gasteiger partial charge is 0.305 e. The van der Waals surface area contributed by atoms with E-state index in [0.29, 0.717) is 0 Å². The summed E-state index contributed by atoms with van der Waals surface area (Å²) in [4.78, 5) is 23.8. The Labute approximate surface area is 115 Å². The number of hydrogen-bond donors (Lipinski definition) is 0. The molecule has 0 N–H and O–H groups in total. The van der Waals surface area contributed by atoms with Crippen LogP contribution in [0.2, 0.25) is 0 Å². The van der Waals surface area contributed by atoms with Crippen molar-refractivity contribution in [3.63, 3.8) is 0 Å². The van der Waals surface area contributed by atoms with E-state index in [2.05, 4.69) is 11.8 Å². The average molecular weight is 272 g/mol. The maximum Gasteiger partial charge on any atom is 0.317 e. The van der Waals surface area contributed by atoms with E-state index in [-0.39, 0.29) is 18.9 Å². The SMILES string of the molecule is CC#CCn1ccn(Cc2ccc(F)cc2)c(=O)c1=O. The van der Waals surface area contributed by atoms with Crippen LogP contribution in [0.5, 0.6) is 0 Å². The van der Waals surface area contributed by atoms with Crippen molar-refractivity contribution in [3.8, 4) is 11.8 Å². The van der Waals surface area contributed by atoms with Crippen molar-refractivity contribution < 1.29 is 4.39 Å². The maximum absolute atomic E-state index is 12.8. The van der Waals surface area contributed by atoms with Crippen molar-refractivity contribution in [2.75, 3.05) is 0 Å². The third kappa shape index (κ3) is 3.04. The molecule has 0 spiro atoms. The molecule has 102 valence electrons. The molecule has 2 aromatic rings. The molecule has 0 saturated heterocycles. The predicted octanol–water partition coefficient (Wildman–Crippen LogP) is 1.22. The van der Waals surface area contributed by atoms with Crippen LogP contribution in [0.15, 0.2) is 46.2 Å². The van der Waals surface area contributed by atoms with E-state index in [1.165, 1.54) is 33.7 Å². The average Bonchev–Trinajstić information content (AvgIpc) is 2.45. The monoisotopic (exact) mass is 272 g/mol. The van der Waals surface area contributed by atoms with Gasteiger partial charge in [-0.3, -0.25) is 14.2 Å². The fourth-order valence-corrected chi connectivity index (χ4v) is 1.74. The number of halogens is 1. The first-order valence-electron chi connectivity index (χ1n) is 6.06. The molecule has 5 heteroatoms. The van der Waals surface area contributed by atoms with Crippen molar-refractivity contribution in [2.45, 2.75) is 20.0 Å². The molecule has 0 aliphatic carbocycles. The zero-order valence-electron chi connectivity index (χ0n) is 11.0. The Kier molecular flexibility index (Phi) is 4.16. The van der Waals surface area contributed by atoms with E-state index in [0.717, 1.165) is 5.56 Å². The standard InChI is InChI=1S/C15H13FN2O2/c1-2-3-8-17-9-10-18(15(20)14(17)19)11-12-4-6-13(16)7-5-12/h4-7,9-10H,8,11H2,1H3. The van der Waals surface area contributed by atoms with Crippen LogP contribution in [0.3, 0.4) is 0 Å². The van der Waals surface area contributed by atoms with Crippen LogP contribution >= 0.6 is 0 Å². The van der Waals surface area contributed by atoms with Gasteiger partial charge in [0.05, 0.1) is 13.1 Å². The Morgan fingerprint density at radius 2 is 1.65 bits per heavy atom. The third-order valence-electron chi connectivity index (χ3n) is 2.82. The second-order valence-corrected chi connectivity index (χ2v) is 4.22. The van der Waals surface area contributed by atoms with Gasteiger partial charge < -0.3 is 4.57 Å². The molecule has 0 aliphatic heterocycles. The minimum Gasteiger partial charge on any atom is -0.305 e. The normalized spacial score (nSPS) is 9.90. The fourth-order valence-electron chi connectivity index (χ4n) is 1.74. The largest absolute Gasteiger partial charge is 0.317 e. The van der Waals surface area contributed by atoms with E-state index >= 15 is 0 Å². The van der Waals surface area contributed by atoms with E-state index < -0.39 is 11.1 Å². The Morgan fingerprint density at radius 3 is 2.30 bits per heavy atom. The maximum atomic E-state index is 12.8. The highest BCUT2D eigenvalue weighted by molar-refractivity contribution is 5.16. The van der Waals surface area contributed by atoms with Gasteiger partial charge in [0.1, 0.15) is 5.82 Å². The highest BCUT2D eigenvalue weighted by atomic mass is 19.1. The third-order valence-corrected chi connectivity index (χ3v) is 2.82. The Hall–Kier alpha value is -2.61. The molecule has 0 amide bonds. The van der Waals surface area contributed by atoms with Crippen molar-refractivity contribution >= 4 is 0 Å². The zero-order valence-corrected chi connectivity index (χ0v) is 11.0. The zero-order chi connectivity index (χ0) is 14.5. The topological polar surface area (TPSA) is 44.0 Å². The molecule has 1 heterocycles. The minimum absolute atomic E-state index is 0.196. The lowest BCUT2D eigenvalue weighted by Gasteiger charge is -2.07. The molecule has 20 heavy (non-hydrogen) atoms. The van der Waals surface area contributed by atoms with Crippen molar-refractivity contribution in [1.29, 1.82) is 0 Å². The van der Waals surface area contributed by atoms with Gasteiger partial charge in [0.2, 0.25) is 0 Å². The number of hydrogen-bond acceptors (Lipinski definition) is 2. The second-order valence-electron chi connectivity index (χ2n) is 4.22. The molecule has 0 atom stereocenters. The lowest BCUT2D eigenvalue weighted by atomic mass is 10.2. The Balaban J connectivity index is 2.31. The molecule has 0 unspecified atom stereocenters. The van der Waals surface area contributed by atoms with Crippen molar-refractivity contribution in [2.24, 2.45) is 0 Å². The summed E-state index contributed by atoms with van der Waals surface area (Å²) in [5, 5.41) is 0. The summed E-state index contributed by atoms with van der Waals surface area (Å²) in [6.45, 7) is 2.09. The molecule has 1 aromatic heterocycles. The summed E-state index contributed by atoms with van der Waals surface area (Å²) in [5.41, 5.74) is -0.480.